The van der Waals surface area contributed by atoms with Crippen molar-refractivity contribution < 1.29 is 18.4 Å². The first kappa shape index (κ1) is 14.5. The van der Waals surface area contributed by atoms with Gasteiger partial charge in [0.25, 0.3) is 5.92 Å². The zero-order valence-electron chi connectivity index (χ0n) is 12.0. The maximum Gasteiger partial charge on any atom is 0.317 e. The number of likely N-dealkylation sites (tertiary alicyclic amines) is 2. The summed E-state index contributed by atoms with van der Waals surface area (Å²) < 4.78 is 26.2. The third-order valence-corrected chi connectivity index (χ3v) is 4.52. The van der Waals surface area contributed by atoms with Gasteiger partial charge in [-0.15, -0.1) is 0 Å². The molecule has 3 fully saturated rings. The quantitative estimate of drug-likeness (QED) is 0.839. The van der Waals surface area contributed by atoms with E-state index in [9.17, 15) is 18.4 Å². The Morgan fingerprint density at radius 2 is 1.67 bits per heavy atom. The third kappa shape index (κ3) is 3.44. The Bertz CT molecular complexity index is 432. The molecule has 3 rings (SSSR count). The van der Waals surface area contributed by atoms with E-state index in [-0.39, 0.29) is 30.8 Å². The van der Waals surface area contributed by atoms with Crippen LogP contribution in [0.2, 0.25) is 0 Å². The summed E-state index contributed by atoms with van der Waals surface area (Å²) in [5, 5.41) is 2.82. The molecule has 5 nitrogen and oxygen atoms in total. The van der Waals surface area contributed by atoms with Crippen molar-refractivity contribution in [1.29, 1.82) is 0 Å². The number of urea groups is 1. The lowest BCUT2D eigenvalue weighted by Crippen LogP contribution is -2.50. The topological polar surface area (TPSA) is 52.7 Å². The summed E-state index contributed by atoms with van der Waals surface area (Å²) in [5.41, 5.74) is 0. The highest BCUT2D eigenvalue weighted by Gasteiger charge is 2.41. The normalized spacial score (nSPS) is 26.0. The zero-order valence-corrected chi connectivity index (χ0v) is 12.0. The van der Waals surface area contributed by atoms with E-state index >= 15 is 0 Å². The van der Waals surface area contributed by atoms with Crippen molar-refractivity contribution in [3.05, 3.63) is 0 Å². The van der Waals surface area contributed by atoms with Crippen molar-refractivity contribution in [1.82, 2.24) is 15.1 Å². The molecule has 118 valence electrons. The fraction of sp³-hybridized carbons (Fsp3) is 0.857. The molecule has 1 aliphatic carbocycles. The van der Waals surface area contributed by atoms with Crippen LogP contribution >= 0.6 is 0 Å². The molecule has 3 amide bonds. The largest absolute Gasteiger partial charge is 0.342 e. The van der Waals surface area contributed by atoms with E-state index in [0.29, 0.717) is 25.9 Å². The number of rotatable bonds is 2. The van der Waals surface area contributed by atoms with Crippen LogP contribution in [0.3, 0.4) is 0 Å². The molecule has 21 heavy (non-hydrogen) atoms. The van der Waals surface area contributed by atoms with Gasteiger partial charge in [0, 0.05) is 38.0 Å². The Labute approximate surface area is 122 Å². The van der Waals surface area contributed by atoms with Gasteiger partial charge >= 0.3 is 6.03 Å². The minimum atomic E-state index is -2.75. The molecule has 2 heterocycles. The van der Waals surface area contributed by atoms with Crippen LogP contribution in [0, 0.1) is 5.92 Å². The second-order valence-electron chi connectivity index (χ2n) is 6.35. The van der Waals surface area contributed by atoms with Crippen molar-refractivity contribution >= 4 is 11.9 Å². The van der Waals surface area contributed by atoms with Crippen molar-refractivity contribution in [2.45, 2.75) is 44.1 Å². The van der Waals surface area contributed by atoms with Crippen LogP contribution < -0.4 is 5.32 Å². The second kappa shape index (κ2) is 5.42. The number of nitrogens with zero attached hydrogens (tertiary/aromatic N) is 2. The average Bonchev–Trinajstić information content (AvgIpc) is 3.22. The van der Waals surface area contributed by atoms with Crippen molar-refractivity contribution in [3.8, 4) is 0 Å². The lowest BCUT2D eigenvalue weighted by molar-refractivity contribution is -0.133. The highest BCUT2D eigenvalue weighted by atomic mass is 19.3. The third-order valence-electron chi connectivity index (χ3n) is 4.52. The minimum absolute atomic E-state index is 0.0185. The summed E-state index contributed by atoms with van der Waals surface area (Å²) in [6, 6.07) is -0.422. The molecule has 0 bridgehead atoms. The van der Waals surface area contributed by atoms with Crippen molar-refractivity contribution in [3.63, 3.8) is 0 Å². The summed E-state index contributed by atoms with van der Waals surface area (Å²) in [5.74, 6) is -2.29. The fourth-order valence-corrected chi connectivity index (χ4v) is 3.01. The Hall–Kier alpha value is -1.40. The predicted molar refractivity (Wildman–Crippen MR) is 72.0 cm³/mol. The SMILES string of the molecule is O=C(NC1CCN(C(=O)C2CC2)CC1)N1CCC(F)(F)C1. The highest BCUT2D eigenvalue weighted by molar-refractivity contribution is 5.81. The van der Waals surface area contributed by atoms with Crippen LogP contribution in [0.4, 0.5) is 13.6 Å². The molecule has 0 spiro atoms. The molecular formula is C14H21F2N3O2. The van der Waals surface area contributed by atoms with E-state index in [1.165, 1.54) is 4.90 Å². The van der Waals surface area contributed by atoms with Crippen LogP contribution in [0.1, 0.15) is 32.1 Å². The molecular weight excluding hydrogens is 280 g/mol. The van der Waals surface area contributed by atoms with Gasteiger partial charge in [0.05, 0.1) is 6.54 Å². The molecule has 0 atom stereocenters. The summed E-state index contributed by atoms with van der Waals surface area (Å²) in [7, 11) is 0. The molecule has 1 N–H and O–H groups in total. The number of alkyl halides is 2. The van der Waals surface area contributed by atoms with E-state index in [1.807, 2.05) is 4.90 Å². The smallest absolute Gasteiger partial charge is 0.317 e. The van der Waals surface area contributed by atoms with E-state index in [2.05, 4.69) is 5.32 Å². The monoisotopic (exact) mass is 301 g/mol. The maximum atomic E-state index is 13.1. The summed E-state index contributed by atoms with van der Waals surface area (Å²) in [6.07, 6.45) is 3.15. The molecule has 2 saturated heterocycles. The fourth-order valence-electron chi connectivity index (χ4n) is 3.01. The van der Waals surface area contributed by atoms with Crippen molar-refractivity contribution in [2.75, 3.05) is 26.2 Å². The first-order chi connectivity index (χ1) is 9.94. The summed E-state index contributed by atoms with van der Waals surface area (Å²) in [6.45, 7) is 0.919. The molecule has 0 unspecified atom stereocenters. The maximum absolute atomic E-state index is 13.1. The van der Waals surface area contributed by atoms with Gasteiger partial charge in [-0.2, -0.15) is 0 Å². The lowest BCUT2D eigenvalue weighted by Gasteiger charge is -2.33. The molecule has 0 aromatic heterocycles. The summed E-state index contributed by atoms with van der Waals surface area (Å²) in [4.78, 5) is 26.9. The van der Waals surface area contributed by atoms with E-state index in [1.54, 1.807) is 0 Å². The van der Waals surface area contributed by atoms with Gasteiger partial charge < -0.3 is 15.1 Å². The Balaban J connectivity index is 1.42. The van der Waals surface area contributed by atoms with Crippen LogP contribution in [-0.4, -0.2) is 59.9 Å². The number of hydrogen-bond donors (Lipinski definition) is 1. The van der Waals surface area contributed by atoms with Crippen molar-refractivity contribution in [2.24, 2.45) is 5.92 Å². The van der Waals surface area contributed by atoms with Gasteiger partial charge in [-0.05, 0) is 25.7 Å². The van der Waals surface area contributed by atoms with Gasteiger partial charge in [0.2, 0.25) is 5.91 Å². The van der Waals surface area contributed by atoms with Crippen LogP contribution in [0.25, 0.3) is 0 Å². The molecule has 3 aliphatic rings. The number of carbonyl (C=O) groups is 2. The Morgan fingerprint density at radius 3 is 2.19 bits per heavy atom. The molecule has 7 heteroatoms. The second-order valence-corrected chi connectivity index (χ2v) is 6.35. The number of amides is 3. The number of piperidine rings is 1. The van der Waals surface area contributed by atoms with E-state index in [4.69, 9.17) is 0 Å². The van der Waals surface area contributed by atoms with Gasteiger partial charge in [-0.1, -0.05) is 0 Å². The first-order valence-electron chi connectivity index (χ1n) is 7.67. The van der Waals surface area contributed by atoms with Gasteiger partial charge in [-0.25, -0.2) is 13.6 Å². The molecule has 0 radical (unpaired) electrons. The molecule has 1 saturated carbocycles. The number of nitrogens with one attached hydrogen (secondary N) is 1. The van der Waals surface area contributed by atoms with Crippen LogP contribution in [0.5, 0.6) is 0 Å². The zero-order chi connectivity index (χ0) is 15.0. The first-order valence-corrected chi connectivity index (χ1v) is 7.67. The average molecular weight is 301 g/mol. The Kier molecular flexibility index (Phi) is 3.75. The lowest BCUT2D eigenvalue weighted by atomic mass is 10.0. The minimum Gasteiger partial charge on any atom is -0.342 e. The Morgan fingerprint density at radius 1 is 1.00 bits per heavy atom. The van der Waals surface area contributed by atoms with E-state index in [0.717, 1.165) is 12.8 Å². The molecule has 0 aromatic rings. The summed E-state index contributed by atoms with van der Waals surface area (Å²) >= 11 is 0. The molecule has 2 aliphatic heterocycles. The standard InChI is InChI=1S/C14H21F2N3O2/c15-14(16)5-8-19(9-14)13(21)17-11-3-6-18(7-4-11)12(20)10-1-2-10/h10-11H,1-9H2,(H,17,21). The van der Waals surface area contributed by atoms with E-state index < -0.39 is 18.5 Å². The number of hydrogen-bond acceptors (Lipinski definition) is 2. The molecule has 0 aromatic carbocycles. The van der Waals surface area contributed by atoms with Gasteiger partial charge in [0.15, 0.2) is 0 Å². The van der Waals surface area contributed by atoms with Crippen LogP contribution in [0.15, 0.2) is 0 Å². The van der Waals surface area contributed by atoms with Gasteiger partial charge in [0.1, 0.15) is 0 Å². The van der Waals surface area contributed by atoms with Gasteiger partial charge in [-0.3, -0.25) is 4.79 Å². The number of carbonyl (C=O) groups excluding carboxylic acids is 2. The number of halogens is 2. The highest BCUT2D eigenvalue weighted by Crippen LogP contribution is 2.32. The van der Waals surface area contributed by atoms with Crippen LogP contribution in [-0.2, 0) is 4.79 Å². The predicted octanol–water partition coefficient (Wildman–Crippen LogP) is 1.44.